The number of para-hydroxylation sites is 1. The number of H-pyrrole nitrogens is 1. The summed E-state index contributed by atoms with van der Waals surface area (Å²) in [5.74, 6) is 1.34. The molecule has 1 aliphatic heterocycles. The zero-order valence-corrected chi connectivity index (χ0v) is 19.6. The lowest BCUT2D eigenvalue weighted by molar-refractivity contribution is 0.0953. The van der Waals surface area contributed by atoms with Crippen molar-refractivity contribution in [1.82, 2.24) is 29.1 Å². The normalized spacial score (nSPS) is 16.1. The van der Waals surface area contributed by atoms with E-state index in [0.29, 0.717) is 17.9 Å². The van der Waals surface area contributed by atoms with Crippen molar-refractivity contribution in [2.75, 3.05) is 6.61 Å². The van der Waals surface area contributed by atoms with Crippen LogP contribution in [0.25, 0.3) is 27.9 Å². The topological polar surface area (TPSA) is 90.1 Å². The zero-order valence-electron chi connectivity index (χ0n) is 18.8. The SMILES string of the molecule is Cc1ccc2nc(CSc3nnc(-c4c[nH]c5ccccc45)n3CC3CCCO3)cc(=O)n2c1. The van der Waals surface area contributed by atoms with E-state index in [1.807, 2.05) is 43.6 Å². The van der Waals surface area contributed by atoms with Gasteiger partial charge in [-0.3, -0.25) is 13.8 Å². The van der Waals surface area contributed by atoms with Crippen LogP contribution in [-0.2, 0) is 17.0 Å². The monoisotopic (exact) mass is 472 g/mol. The van der Waals surface area contributed by atoms with Crippen LogP contribution in [0.1, 0.15) is 24.1 Å². The molecule has 1 fully saturated rings. The predicted molar refractivity (Wildman–Crippen MR) is 132 cm³/mol. The highest BCUT2D eigenvalue weighted by Crippen LogP contribution is 2.32. The number of hydrogen-bond acceptors (Lipinski definition) is 6. The van der Waals surface area contributed by atoms with Crippen molar-refractivity contribution < 1.29 is 4.74 Å². The summed E-state index contributed by atoms with van der Waals surface area (Å²) in [5, 5.41) is 11.0. The fraction of sp³-hybridized carbons (Fsp3) is 0.280. The molecule has 0 spiro atoms. The lowest BCUT2D eigenvalue weighted by atomic mass is 10.1. The Balaban J connectivity index is 1.34. The Labute approximate surface area is 200 Å². The number of ether oxygens (including phenoxy) is 1. The van der Waals surface area contributed by atoms with E-state index in [9.17, 15) is 4.79 Å². The first kappa shape index (κ1) is 21.1. The Morgan fingerprint density at radius 3 is 3.00 bits per heavy atom. The van der Waals surface area contributed by atoms with Crippen LogP contribution in [0, 0.1) is 6.92 Å². The molecule has 1 aromatic carbocycles. The van der Waals surface area contributed by atoms with E-state index >= 15 is 0 Å². The van der Waals surface area contributed by atoms with Crippen molar-refractivity contribution in [3.05, 3.63) is 76.5 Å². The van der Waals surface area contributed by atoms with Crippen LogP contribution in [0.5, 0.6) is 0 Å². The van der Waals surface area contributed by atoms with Gasteiger partial charge in [-0.1, -0.05) is 36.0 Å². The molecule has 0 bridgehead atoms. The number of fused-ring (bicyclic) bond motifs is 2. The number of nitrogens with zero attached hydrogens (tertiary/aromatic N) is 5. The average molecular weight is 473 g/mol. The van der Waals surface area contributed by atoms with Crippen LogP contribution < -0.4 is 5.56 Å². The molecule has 5 aromatic rings. The third-order valence-electron chi connectivity index (χ3n) is 6.17. The van der Waals surface area contributed by atoms with Crippen LogP contribution in [0.3, 0.4) is 0 Å². The van der Waals surface area contributed by atoms with Gasteiger partial charge in [0.15, 0.2) is 11.0 Å². The van der Waals surface area contributed by atoms with E-state index in [-0.39, 0.29) is 11.7 Å². The van der Waals surface area contributed by atoms with E-state index < -0.39 is 0 Å². The van der Waals surface area contributed by atoms with E-state index in [2.05, 4.69) is 36.9 Å². The quantitative estimate of drug-likeness (QED) is 0.372. The molecule has 8 nitrogen and oxygen atoms in total. The lowest BCUT2D eigenvalue weighted by Crippen LogP contribution is -2.17. The lowest BCUT2D eigenvalue weighted by Gasteiger charge is -2.14. The molecular formula is C25H24N6O2S. The first-order chi connectivity index (χ1) is 16.7. The van der Waals surface area contributed by atoms with Gasteiger partial charge in [0.2, 0.25) is 0 Å². The zero-order chi connectivity index (χ0) is 23.1. The molecule has 1 aliphatic rings. The summed E-state index contributed by atoms with van der Waals surface area (Å²) in [6, 6.07) is 13.6. The molecule has 1 saturated heterocycles. The maximum Gasteiger partial charge on any atom is 0.258 e. The minimum atomic E-state index is -0.0791. The highest BCUT2D eigenvalue weighted by molar-refractivity contribution is 7.98. The minimum absolute atomic E-state index is 0.0791. The molecule has 6 rings (SSSR count). The Bertz CT molecular complexity index is 1550. The highest BCUT2D eigenvalue weighted by atomic mass is 32.2. The van der Waals surface area contributed by atoms with Gasteiger partial charge < -0.3 is 9.72 Å². The van der Waals surface area contributed by atoms with Gasteiger partial charge in [-0.25, -0.2) is 4.98 Å². The molecule has 0 saturated carbocycles. The van der Waals surface area contributed by atoms with Gasteiger partial charge in [-0.15, -0.1) is 10.2 Å². The second-order valence-corrected chi connectivity index (χ2v) is 9.55. The molecule has 9 heteroatoms. The molecule has 0 aliphatic carbocycles. The van der Waals surface area contributed by atoms with E-state index in [4.69, 9.17) is 4.74 Å². The Kier molecular flexibility index (Phi) is 5.43. The number of benzene rings is 1. The molecule has 0 radical (unpaired) electrons. The average Bonchev–Trinajstić information content (AvgIpc) is 3.59. The number of rotatable bonds is 6. The maximum absolute atomic E-state index is 12.6. The first-order valence-corrected chi connectivity index (χ1v) is 12.4. The maximum atomic E-state index is 12.6. The van der Waals surface area contributed by atoms with E-state index in [1.54, 1.807) is 22.2 Å². The van der Waals surface area contributed by atoms with Gasteiger partial charge in [-0.2, -0.15) is 0 Å². The first-order valence-electron chi connectivity index (χ1n) is 11.4. The van der Waals surface area contributed by atoms with Crippen molar-refractivity contribution in [2.45, 2.75) is 43.3 Å². The second-order valence-electron chi connectivity index (χ2n) is 8.61. The van der Waals surface area contributed by atoms with Gasteiger partial charge >= 0.3 is 0 Å². The molecular weight excluding hydrogens is 448 g/mol. The smallest absolute Gasteiger partial charge is 0.258 e. The number of aryl methyl sites for hydroxylation is 1. The molecule has 1 atom stereocenters. The van der Waals surface area contributed by atoms with Crippen LogP contribution in [-0.4, -0.2) is 41.8 Å². The minimum Gasteiger partial charge on any atom is -0.376 e. The van der Waals surface area contributed by atoms with Crippen molar-refractivity contribution >= 4 is 28.3 Å². The molecule has 172 valence electrons. The van der Waals surface area contributed by atoms with Crippen LogP contribution in [0.2, 0.25) is 0 Å². The summed E-state index contributed by atoms with van der Waals surface area (Å²) in [6.07, 6.45) is 6.04. The number of aromatic amines is 1. The fourth-order valence-electron chi connectivity index (χ4n) is 4.48. The molecule has 5 heterocycles. The second kappa shape index (κ2) is 8.73. The van der Waals surface area contributed by atoms with Crippen LogP contribution >= 0.6 is 11.8 Å². The Morgan fingerprint density at radius 2 is 2.12 bits per heavy atom. The van der Waals surface area contributed by atoms with Crippen molar-refractivity contribution in [3.8, 4) is 11.4 Å². The summed E-state index contributed by atoms with van der Waals surface area (Å²) in [6.45, 7) is 3.45. The van der Waals surface area contributed by atoms with Gasteiger partial charge in [0.25, 0.3) is 5.56 Å². The summed E-state index contributed by atoms with van der Waals surface area (Å²) in [7, 11) is 0. The highest BCUT2D eigenvalue weighted by Gasteiger charge is 2.23. The molecule has 34 heavy (non-hydrogen) atoms. The number of nitrogens with one attached hydrogen (secondary N) is 1. The van der Waals surface area contributed by atoms with Gasteiger partial charge in [0.05, 0.1) is 18.3 Å². The number of pyridine rings is 1. The number of aromatic nitrogens is 6. The predicted octanol–water partition coefficient (Wildman–Crippen LogP) is 4.21. The van der Waals surface area contributed by atoms with Crippen molar-refractivity contribution in [2.24, 2.45) is 0 Å². The summed E-state index contributed by atoms with van der Waals surface area (Å²) in [5.41, 5.74) is 4.39. The summed E-state index contributed by atoms with van der Waals surface area (Å²) < 4.78 is 9.66. The third-order valence-corrected chi connectivity index (χ3v) is 7.17. The Hall–Kier alpha value is -3.43. The number of thioether (sulfide) groups is 1. The van der Waals surface area contributed by atoms with Crippen molar-refractivity contribution in [1.29, 1.82) is 0 Å². The summed E-state index contributed by atoms with van der Waals surface area (Å²) >= 11 is 1.54. The molecule has 1 unspecified atom stereocenters. The van der Waals surface area contributed by atoms with E-state index in [1.165, 1.54) is 0 Å². The number of hydrogen-bond donors (Lipinski definition) is 1. The molecule has 1 N–H and O–H groups in total. The van der Waals surface area contributed by atoms with Crippen molar-refractivity contribution in [3.63, 3.8) is 0 Å². The van der Waals surface area contributed by atoms with Gasteiger partial charge in [0.1, 0.15) is 5.65 Å². The largest absolute Gasteiger partial charge is 0.376 e. The molecule has 4 aromatic heterocycles. The fourth-order valence-corrected chi connectivity index (χ4v) is 5.32. The van der Waals surface area contributed by atoms with Crippen LogP contribution in [0.15, 0.2) is 64.8 Å². The van der Waals surface area contributed by atoms with Gasteiger partial charge in [0, 0.05) is 47.3 Å². The third kappa shape index (κ3) is 3.91. The Morgan fingerprint density at radius 1 is 1.21 bits per heavy atom. The standard InChI is InChI=1S/C25H24N6O2S/c1-16-8-9-22-27-17(11-23(32)30(22)13-16)15-34-25-29-28-24(31(25)14-18-5-4-10-33-18)20-12-26-21-7-3-2-6-19(20)21/h2-3,6-9,11-13,18,26H,4-5,10,14-15H2,1H3. The van der Waals surface area contributed by atoms with Gasteiger partial charge in [-0.05, 0) is 37.5 Å². The molecule has 0 amide bonds. The van der Waals surface area contributed by atoms with E-state index in [0.717, 1.165) is 58.2 Å². The van der Waals surface area contributed by atoms with Crippen LogP contribution in [0.4, 0.5) is 0 Å². The summed E-state index contributed by atoms with van der Waals surface area (Å²) in [4.78, 5) is 20.6.